The average Bonchev–Trinajstić information content (AvgIpc) is 3.40. The monoisotopic (exact) mass is 292 g/mol. The number of allylic oxidation sites excluding steroid dienone is 1. The Morgan fingerprint density at radius 2 is 1.64 bits per heavy atom. The zero-order valence-corrected chi connectivity index (χ0v) is 12.1. The van der Waals surface area contributed by atoms with E-state index in [1.165, 1.54) is 0 Å². The van der Waals surface area contributed by atoms with Crippen LogP contribution in [0.5, 0.6) is 5.75 Å². The summed E-state index contributed by atoms with van der Waals surface area (Å²) >= 11 is 0. The third kappa shape index (κ3) is 3.70. The summed E-state index contributed by atoms with van der Waals surface area (Å²) in [7, 11) is 0. The Kier molecular flexibility index (Phi) is 4.15. The van der Waals surface area contributed by atoms with Gasteiger partial charge in [0, 0.05) is 5.92 Å². The summed E-state index contributed by atoms with van der Waals surface area (Å²) in [6.07, 6.45) is 5.45. The predicted molar refractivity (Wildman–Crippen MR) is 84.6 cm³/mol. The molecule has 3 nitrogen and oxygen atoms in total. The minimum absolute atomic E-state index is 0.194. The van der Waals surface area contributed by atoms with Gasteiger partial charge < -0.3 is 4.74 Å². The number of ether oxygens (including phenoxy) is 1. The number of esters is 1. The molecular formula is C19H16O3. The maximum Gasteiger partial charge on any atom is 0.343 e. The maximum atomic E-state index is 11.9. The zero-order valence-electron chi connectivity index (χ0n) is 12.1. The second-order valence-electron chi connectivity index (χ2n) is 5.33. The van der Waals surface area contributed by atoms with Gasteiger partial charge in [0.25, 0.3) is 0 Å². The van der Waals surface area contributed by atoms with Crippen molar-refractivity contribution in [3.63, 3.8) is 0 Å². The van der Waals surface area contributed by atoms with Crippen LogP contribution in [0.15, 0.2) is 60.7 Å². The van der Waals surface area contributed by atoms with E-state index < -0.39 is 0 Å². The van der Waals surface area contributed by atoms with Crippen LogP contribution in [0.3, 0.4) is 0 Å². The van der Waals surface area contributed by atoms with E-state index in [1.807, 2.05) is 18.2 Å². The molecule has 0 N–H and O–H groups in total. The number of carbonyl (C=O) groups is 2. The maximum absolute atomic E-state index is 11.9. The van der Waals surface area contributed by atoms with Gasteiger partial charge in [0.2, 0.25) is 0 Å². The van der Waals surface area contributed by atoms with Gasteiger partial charge in [-0.1, -0.05) is 36.4 Å². The first-order valence-electron chi connectivity index (χ1n) is 7.31. The van der Waals surface area contributed by atoms with E-state index in [1.54, 1.807) is 48.6 Å². The highest BCUT2D eigenvalue weighted by atomic mass is 16.5. The van der Waals surface area contributed by atoms with Crippen molar-refractivity contribution in [3.05, 3.63) is 71.8 Å². The van der Waals surface area contributed by atoms with Gasteiger partial charge >= 0.3 is 5.97 Å². The Balaban J connectivity index is 1.61. The minimum atomic E-state index is -0.382. The van der Waals surface area contributed by atoms with Gasteiger partial charge in [-0.2, -0.15) is 0 Å². The van der Waals surface area contributed by atoms with Crippen molar-refractivity contribution >= 4 is 17.8 Å². The Morgan fingerprint density at radius 3 is 2.27 bits per heavy atom. The first kappa shape index (κ1) is 14.3. The lowest BCUT2D eigenvalue weighted by molar-refractivity contribution is -0.115. The smallest absolute Gasteiger partial charge is 0.343 e. The molecule has 1 saturated carbocycles. The topological polar surface area (TPSA) is 43.4 Å². The summed E-state index contributed by atoms with van der Waals surface area (Å²) in [4.78, 5) is 23.5. The molecule has 0 spiro atoms. The van der Waals surface area contributed by atoms with E-state index in [-0.39, 0.29) is 17.7 Å². The first-order chi connectivity index (χ1) is 10.7. The minimum Gasteiger partial charge on any atom is -0.423 e. The van der Waals surface area contributed by atoms with Gasteiger partial charge in [-0.05, 0) is 48.7 Å². The molecule has 0 unspecified atom stereocenters. The number of hydrogen-bond donors (Lipinski definition) is 0. The fraction of sp³-hybridized carbons (Fsp3) is 0.158. The molecule has 0 radical (unpaired) electrons. The van der Waals surface area contributed by atoms with Crippen LogP contribution in [0.1, 0.15) is 28.8 Å². The van der Waals surface area contributed by atoms with Crippen molar-refractivity contribution in [1.29, 1.82) is 0 Å². The third-order valence-electron chi connectivity index (χ3n) is 3.52. The average molecular weight is 292 g/mol. The SMILES string of the molecule is O=C(Oc1ccc(C=CC(=O)C2CC2)cc1)c1ccccc1. The fourth-order valence-electron chi connectivity index (χ4n) is 2.07. The summed E-state index contributed by atoms with van der Waals surface area (Å²) in [5.41, 5.74) is 1.43. The molecule has 0 aromatic heterocycles. The van der Waals surface area contributed by atoms with Crippen molar-refractivity contribution in [2.75, 3.05) is 0 Å². The van der Waals surface area contributed by atoms with Crippen molar-refractivity contribution in [2.24, 2.45) is 5.92 Å². The highest BCUT2D eigenvalue weighted by molar-refractivity contribution is 5.96. The molecular weight excluding hydrogens is 276 g/mol. The van der Waals surface area contributed by atoms with Gasteiger partial charge in [-0.25, -0.2) is 4.79 Å². The van der Waals surface area contributed by atoms with Gasteiger partial charge in [0.15, 0.2) is 5.78 Å². The molecule has 3 rings (SSSR count). The highest BCUT2D eigenvalue weighted by Crippen LogP contribution is 2.30. The van der Waals surface area contributed by atoms with E-state index in [9.17, 15) is 9.59 Å². The van der Waals surface area contributed by atoms with Crippen LogP contribution in [0.4, 0.5) is 0 Å². The standard InChI is InChI=1S/C19H16O3/c20-18(15-9-10-15)13-8-14-6-11-17(12-7-14)22-19(21)16-4-2-1-3-5-16/h1-8,11-13,15H,9-10H2. The molecule has 1 aliphatic rings. The van der Waals surface area contributed by atoms with Gasteiger partial charge in [0.1, 0.15) is 5.75 Å². The number of rotatable bonds is 5. The lowest BCUT2D eigenvalue weighted by atomic mass is 10.1. The Labute approximate surface area is 129 Å². The van der Waals surface area contributed by atoms with E-state index in [0.29, 0.717) is 11.3 Å². The normalized spacial score (nSPS) is 14.0. The number of hydrogen-bond acceptors (Lipinski definition) is 3. The van der Waals surface area contributed by atoms with Crippen molar-refractivity contribution in [3.8, 4) is 5.75 Å². The summed E-state index contributed by atoms with van der Waals surface area (Å²) < 4.78 is 5.30. The second kappa shape index (κ2) is 6.39. The van der Waals surface area contributed by atoms with Crippen LogP contribution in [0.2, 0.25) is 0 Å². The quantitative estimate of drug-likeness (QED) is 0.477. The molecule has 3 heteroatoms. The molecule has 22 heavy (non-hydrogen) atoms. The molecule has 0 amide bonds. The summed E-state index contributed by atoms with van der Waals surface area (Å²) in [5.74, 6) is 0.536. The molecule has 0 saturated heterocycles. The fourth-order valence-corrected chi connectivity index (χ4v) is 2.07. The molecule has 2 aromatic rings. The lowest BCUT2D eigenvalue weighted by Gasteiger charge is -2.04. The Bertz CT molecular complexity index is 695. The molecule has 0 bridgehead atoms. The van der Waals surface area contributed by atoms with Crippen molar-refractivity contribution in [2.45, 2.75) is 12.8 Å². The third-order valence-corrected chi connectivity index (χ3v) is 3.52. The largest absolute Gasteiger partial charge is 0.423 e. The molecule has 1 fully saturated rings. The van der Waals surface area contributed by atoms with E-state index in [4.69, 9.17) is 4.74 Å². The van der Waals surface area contributed by atoms with Crippen LogP contribution >= 0.6 is 0 Å². The van der Waals surface area contributed by atoms with Crippen LogP contribution in [-0.4, -0.2) is 11.8 Å². The summed E-state index contributed by atoms with van der Waals surface area (Å²) in [6, 6.07) is 16.0. The van der Waals surface area contributed by atoms with Crippen molar-refractivity contribution in [1.82, 2.24) is 0 Å². The van der Waals surface area contributed by atoms with Crippen molar-refractivity contribution < 1.29 is 14.3 Å². The van der Waals surface area contributed by atoms with E-state index >= 15 is 0 Å². The zero-order chi connectivity index (χ0) is 15.4. The number of benzene rings is 2. The summed E-state index contributed by atoms with van der Waals surface area (Å²) in [5, 5.41) is 0. The first-order valence-corrected chi connectivity index (χ1v) is 7.31. The number of ketones is 1. The van der Waals surface area contributed by atoms with Crippen LogP contribution < -0.4 is 4.74 Å². The second-order valence-corrected chi connectivity index (χ2v) is 5.33. The predicted octanol–water partition coefficient (Wildman–Crippen LogP) is 3.90. The molecule has 0 atom stereocenters. The molecule has 2 aromatic carbocycles. The van der Waals surface area contributed by atoms with Crippen LogP contribution in [0, 0.1) is 5.92 Å². The Hall–Kier alpha value is -2.68. The molecule has 0 aliphatic heterocycles. The van der Waals surface area contributed by atoms with Gasteiger partial charge in [-0.15, -0.1) is 0 Å². The summed E-state index contributed by atoms with van der Waals surface area (Å²) in [6.45, 7) is 0. The lowest BCUT2D eigenvalue weighted by Crippen LogP contribution is -2.07. The van der Waals surface area contributed by atoms with Gasteiger partial charge in [0.05, 0.1) is 5.56 Å². The molecule has 0 heterocycles. The van der Waals surface area contributed by atoms with E-state index in [2.05, 4.69) is 0 Å². The Morgan fingerprint density at radius 1 is 0.955 bits per heavy atom. The van der Waals surface area contributed by atoms with Crippen LogP contribution in [0.25, 0.3) is 6.08 Å². The molecule has 1 aliphatic carbocycles. The number of carbonyl (C=O) groups excluding carboxylic acids is 2. The molecule has 110 valence electrons. The van der Waals surface area contributed by atoms with Crippen LogP contribution in [-0.2, 0) is 4.79 Å². The van der Waals surface area contributed by atoms with E-state index in [0.717, 1.165) is 18.4 Å². The highest BCUT2D eigenvalue weighted by Gasteiger charge is 2.27. The van der Waals surface area contributed by atoms with Gasteiger partial charge in [-0.3, -0.25) is 4.79 Å².